The molecular formula is C13H18O2. The Kier molecular flexibility index (Phi) is 4.04. The molecule has 0 aromatic heterocycles. The number of rotatable bonds is 5. The van der Waals surface area contributed by atoms with Crippen LogP contribution in [-0.2, 0) is 17.6 Å². The van der Waals surface area contributed by atoms with Gasteiger partial charge in [0.15, 0.2) is 0 Å². The van der Waals surface area contributed by atoms with Crippen molar-refractivity contribution in [3.05, 3.63) is 35.4 Å². The fraction of sp³-hybridized carbons (Fsp3) is 0.462. The van der Waals surface area contributed by atoms with Crippen LogP contribution in [0.25, 0.3) is 0 Å². The average Bonchev–Trinajstić information content (AvgIpc) is 2.12. The molecule has 0 bridgehead atoms. The number of benzene rings is 1. The Labute approximate surface area is 90.9 Å². The molecule has 1 rings (SSSR count). The molecule has 0 saturated heterocycles. The topological polar surface area (TPSA) is 37.3 Å². The first-order valence-corrected chi connectivity index (χ1v) is 5.25. The van der Waals surface area contributed by atoms with Crippen molar-refractivity contribution in [1.29, 1.82) is 0 Å². The minimum Gasteiger partial charge on any atom is -0.390 e. The van der Waals surface area contributed by atoms with Gasteiger partial charge in [0.1, 0.15) is 6.29 Å². The minimum atomic E-state index is -0.677. The SMILES string of the molecule is CC(C)(O)Cc1cccc(CCC=O)c1. The largest absolute Gasteiger partial charge is 0.390 e. The van der Waals surface area contributed by atoms with Crippen molar-refractivity contribution >= 4 is 6.29 Å². The van der Waals surface area contributed by atoms with E-state index < -0.39 is 5.60 Å². The molecule has 0 aliphatic heterocycles. The summed E-state index contributed by atoms with van der Waals surface area (Å²) in [6, 6.07) is 8.04. The maximum absolute atomic E-state index is 10.3. The maximum Gasteiger partial charge on any atom is 0.120 e. The summed E-state index contributed by atoms with van der Waals surface area (Å²) in [6.07, 6.45) is 2.92. The number of aryl methyl sites for hydroxylation is 1. The first-order chi connectivity index (χ1) is 7.01. The standard InChI is InChI=1S/C13H18O2/c1-13(2,15)10-12-6-3-5-11(9-12)7-4-8-14/h3,5-6,8-9,15H,4,7,10H2,1-2H3. The number of hydrogen-bond acceptors (Lipinski definition) is 2. The molecule has 2 heteroatoms. The van der Waals surface area contributed by atoms with E-state index in [2.05, 4.69) is 6.07 Å². The van der Waals surface area contributed by atoms with Crippen LogP contribution in [0, 0.1) is 0 Å². The predicted octanol–water partition coefficient (Wildman–Crippen LogP) is 2.13. The highest BCUT2D eigenvalue weighted by Crippen LogP contribution is 2.14. The lowest BCUT2D eigenvalue weighted by molar-refractivity contribution is -0.107. The van der Waals surface area contributed by atoms with Crippen LogP contribution in [0.2, 0.25) is 0 Å². The zero-order valence-corrected chi connectivity index (χ0v) is 9.36. The molecule has 0 atom stereocenters. The smallest absolute Gasteiger partial charge is 0.120 e. The van der Waals surface area contributed by atoms with Gasteiger partial charge in [0.05, 0.1) is 5.60 Å². The van der Waals surface area contributed by atoms with E-state index in [-0.39, 0.29) is 0 Å². The molecule has 0 fully saturated rings. The van der Waals surface area contributed by atoms with Gasteiger partial charge in [-0.25, -0.2) is 0 Å². The third-order valence-electron chi connectivity index (χ3n) is 2.18. The lowest BCUT2D eigenvalue weighted by Gasteiger charge is -2.17. The van der Waals surface area contributed by atoms with Gasteiger partial charge in [-0.3, -0.25) is 0 Å². The van der Waals surface area contributed by atoms with Gasteiger partial charge in [-0.1, -0.05) is 24.3 Å². The maximum atomic E-state index is 10.3. The van der Waals surface area contributed by atoms with Gasteiger partial charge in [-0.15, -0.1) is 0 Å². The van der Waals surface area contributed by atoms with Crippen molar-refractivity contribution in [3.63, 3.8) is 0 Å². The Bertz CT molecular complexity index is 324. The zero-order valence-electron chi connectivity index (χ0n) is 9.36. The molecule has 2 nitrogen and oxygen atoms in total. The van der Waals surface area contributed by atoms with Crippen LogP contribution in [0.4, 0.5) is 0 Å². The number of aldehydes is 1. The van der Waals surface area contributed by atoms with Gasteiger partial charge in [-0.05, 0) is 31.4 Å². The first kappa shape index (κ1) is 11.9. The first-order valence-electron chi connectivity index (χ1n) is 5.25. The van der Waals surface area contributed by atoms with Gasteiger partial charge >= 0.3 is 0 Å². The Balaban J connectivity index is 2.69. The normalized spacial score (nSPS) is 11.4. The van der Waals surface area contributed by atoms with E-state index in [1.807, 2.05) is 18.2 Å². The second-order valence-electron chi connectivity index (χ2n) is 4.51. The molecule has 0 unspecified atom stereocenters. The van der Waals surface area contributed by atoms with Crippen LogP contribution in [-0.4, -0.2) is 17.0 Å². The molecule has 0 aliphatic rings. The van der Waals surface area contributed by atoms with Crippen molar-refractivity contribution < 1.29 is 9.90 Å². The van der Waals surface area contributed by atoms with Crippen LogP contribution in [0.5, 0.6) is 0 Å². The van der Waals surface area contributed by atoms with E-state index in [0.29, 0.717) is 12.8 Å². The van der Waals surface area contributed by atoms with Crippen LogP contribution in [0.15, 0.2) is 24.3 Å². The van der Waals surface area contributed by atoms with E-state index in [9.17, 15) is 9.90 Å². The van der Waals surface area contributed by atoms with Crippen molar-refractivity contribution in [2.24, 2.45) is 0 Å². The molecule has 0 amide bonds. The lowest BCUT2D eigenvalue weighted by Crippen LogP contribution is -2.21. The molecule has 0 spiro atoms. The number of aliphatic hydroxyl groups is 1. The van der Waals surface area contributed by atoms with Gasteiger partial charge < -0.3 is 9.90 Å². The summed E-state index contributed by atoms with van der Waals surface area (Å²) >= 11 is 0. The lowest BCUT2D eigenvalue weighted by atomic mass is 9.96. The molecule has 1 aromatic carbocycles. The Morgan fingerprint density at radius 3 is 2.60 bits per heavy atom. The van der Waals surface area contributed by atoms with Crippen molar-refractivity contribution in [2.45, 2.75) is 38.7 Å². The second kappa shape index (κ2) is 5.08. The number of carbonyl (C=O) groups excluding carboxylic acids is 1. The Morgan fingerprint density at radius 2 is 2.00 bits per heavy atom. The molecule has 15 heavy (non-hydrogen) atoms. The molecule has 82 valence electrons. The molecule has 0 heterocycles. The number of carbonyl (C=O) groups is 1. The zero-order chi connectivity index (χ0) is 11.3. The van der Waals surface area contributed by atoms with Gasteiger partial charge in [0.2, 0.25) is 0 Å². The van der Waals surface area contributed by atoms with Crippen LogP contribution in [0.3, 0.4) is 0 Å². The highest BCUT2D eigenvalue weighted by Gasteiger charge is 2.13. The summed E-state index contributed by atoms with van der Waals surface area (Å²) < 4.78 is 0. The van der Waals surface area contributed by atoms with E-state index in [1.165, 1.54) is 0 Å². The van der Waals surface area contributed by atoms with Gasteiger partial charge in [0.25, 0.3) is 0 Å². The Hall–Kier alpha value is -1.15. The van der Waals surface area contributed by atoms with E-state index in [4.69, 9.17) is 0 Å². The fourth-order valence-electron chi connectivity index (χ4n) is 1.62. The highest BCUT2D eigenvalue weighted by atomic mass is 16.3. The van der Waals surface area contributed by atoms with Crippen molar-refractivity contribution in [3.8, 4) is 0 Å². The van der Waals surface area contributed by atoms with Crippen LogP contribution < -0.4 is 0 Å². The van der Waals surface area contributed by atoms with E-state index >= 15 is 0 Å². The van der Waals surface area contributed by atoms with Crippen molar-refractivity contribution in [1.82, 2.24) is 0 Å². The average molecular weight is 206 g/mol. The Morgan fingerprint density at radius 1 is 1.33 bits per heavy atom. The summed E-state index contributed by atoms with van der Waals surface area (Å²) in [5, 5.41) is 9.68. The summed E-state index contributed by atoms with van der Waals surface area (Å²) in [4.78, 5) is 10.3. The molecule has 1 N–H and O–H groups in total. The van der Waals surface area contributed by atoms with Crippen LogP contribution in [0.1, 0.15) is 31.4 Å². The van der Waals surface area contributed by atoms with Gasteiger partial charge in [-0.2, -0.15) is 0 Å². The minimum absolute atomic E-state index is 0.561. The third-order valence-corrected chi connectivity index (χ3v) is 2.18. The number of hydrogen-bond donors (Lipinski definition) is 1. The predicted molar refractivity (Wildman–Crippen MR) is 60.8 cm³/mol. The summed E-state index contributed by atoms with van der Waals surface area (Å²) in [5.41, 5.74) is 1.60. The summed E-state index contributed by atoms with van der Waals surface area (Å²) in [6.45, 7) is 3.59. The van der Waals surface area contributed by atoms with Crippen LogP contribution >= 0.6 is 0 Å². The molecule has 0 aliphatic carbocycles. The summed E-state index contributed by atoms with van der Waals surface area (Å²) in [7, 11) is 0. The quantitative estimate of drug-likeness (QED) is 0.749. The van der Waals surface area contributed by atoms with Crippen molar-refractivity contribution in [2.75, 3.05) is 0 Å². The fourth-order valence-corrected chi connectivity index (χ4v) is 1.62. The van der Waals surface area contributed by atoms with E-state index in [0.717, 1.165) is 23.8 Å². The molecular weight excluding hydrogens is 188 g/mol. The highest BCUT2D eigenvalue weighted by molar-refractivity contribution is 5.50. The monoisotopic (exact) mass is 206 g/mol. The molecule has 1 aromatic rings. The van der Waals surface area contributed by atoms with E-state index in [1.54, 1.807) is 13.8 Å². The molecule has 0 radical (unpaired) electrons. The third kappa shape index (κ3) is 4.75. The molecule has 0 saturated carbocycles. The summed E-state index contributed by atoms with van der Waals surface area (Å²) in [5.74, 6) is 0. The second-order valence-corrected chi connectivity index (χ2v) is 4.51. The van der Waals surface area contributed by atoms with Gasteiger partial charge in [0, 0.05) is 12.8 Å².